The number of nitrogens with zero attached hydrogens (tertiary/aromatic N) is 6. The topological polar surface area (TPSA) is 95.6 Å². The van der Waals surface area contributed by atoms with E-state index >= 15 is 0 Å². The van der Waals surface area contributed by atoms with Crippen molar-refractivity contribution in [3.05, 3.63) is 49.1 Å². The Labute approximate surface area is 383 Å². The van der Waals surface area contributed by atoms with Crippen molar-refractivity contribution in [1.29, 1.82) is 0 Å². The molecule has 64 heavy (non-hydrogen) atoms. The molecule has 8 aliphatic rings. The summed E-state index contributed by atoms with van der Waals surface area (Å²) in [6.45, 7) is 10.5. The van der Waals surface area contributed by atoms with Crippen LogP contribution in [-0.2, 0) is 22.7 Å². The van der Waals surface area contributed by atoms with Gasteiger partial charge in [-0.15, -0.1) is 0 Å². The van der Waals surface area contributed by atoms with E-state index in [-0.39, 0.29) is 22.7 Å². The quantitative estimate of drug-likeness (QED) is 0.175. The fourth-order valence-electron chi connectivity index (χ4n) is 18.2. The van der Waals surface area contributed by atoms with Gasteiger partial charge >= 0.3 is 0 Å². The summed E-state index contributed by atoms with van der Waals surface area (Å²) in [6, 6.07) is 7.84. The average molecular weight is 867 g/mol. The zero-order valence-corrected chi connectivity index (χ0v) is 39.8. The van der Waals surface area contributed by atoms with E-state index < -0.39 is 0 Å². The van der Waals surface area contributed by atoms with Crippen LogP contribution in [0, 0.1) is 93.7 Å². The molecule has 8 heteroatoms. The minimum atomic E-state index is 0.201. The molecular weight excluding hydrogens is 789 g/mol. The molecule has 0 N–H and O–H groups in total. The van der Waals surface area contributed by atoms with Gasteiger partial charge in [-0.1, -0.05) is 53.4 Å². The van der Waals surface area contributed by atoms with Crippen molar-refractivity contribution >= 4 is 33.6 Å². The predicted molar refractivity (Wildman–Crippen MR) is 254 cm³/mol. The number of Topliss-reactive ketones (excluding diaryl/α,β-unsaturated/α-hetero) is 2. The van der Waals surface area contributed by atoms with Gasteiger partial charge in [0.1, 0.15) is 23.1 Å². The van der Waals surface area contributed by atoms with Crippen LogP contribution in [0.4, 0.5) is 0 Å². The van der Waals surface area contributed by atoms with Crippen molar-refractivity contribution in [1.82, 2.24) is 29.5 Å². The largest absolute Gasteiger partial charge is 0.297 e. The molecule has 0 aromatic carbocycles. The molecule has 8 fully saturated rings. The molecule has 0 bridgehead atoms. The Morgan fingerprint density at radius 3 is 1.72 bits per heavy atom. The number of carbonyl (C=O) groups excluding carboxylic acids is 2. The fraction of sp³-hybridized carbons (Fsp3) is 0.750. The number of ketones is 2. The summed E-state index contributed by atoms with van der Waals surface area (Å²) < 4.78 is 3.71. The highest BCUT2D eigenvalue weighted by molar-refractivity contribution is 5.84. The Morgan fingerprint density at radius 2 is 1.14 bits per heavy atom. The number of rotatable bonds is 8. The molecule has 4 aromatic heterocycles. The Morgan fingerprint density at radius 1 is 0.594 bits per heavy atom. The van der Waals surface area contributed by atoms with Crippen molar-refractivity contribution < 1.29 is 9.59 Å². The summed E-state index contributed by atoms with van der Waals surface area (Å²) in [5.74, 6) is 12.3. The molecule has 12 rings (SSSR count). The van der Waals surface area contributed by atoms with Crippen LogP contribution in [0.3, 0.4) is 0 Å². The standard InChI is InChI=1S/2C28H39N3O/c1-3-18-6-8-20-19(15-18)7-9-22-21(20)12-13-28(2)23(22)10-11-24(28)27(32)17-31-26-5-4-14-29-25(26)16-30-31;1-3-18-6-8-20-19(15-18)7-9-22-21(20)12-13-28(2)23(22)10-11-24(28)27(32)17-31-16-26-25(30-31)5-4-14-29-26/h2*4-5,14,16,18-24H,3,6-13,15,17H2,1-2H3. The summed E-state index contributed by atoms with van der Waals surface area (Å²) in [6.07, 6.45) is 34.7. The van der Waals surface area contributed by atoms with E-state index in [2.05, 4.69) is 47.9 Å². The minimum Gasteiger partial charge on any atom is -0.297 e. The normalized spacial score (nSPS) is 41.1. The van der Waals surface area contributed by atoms with Gasteiger partial charge < -0.3 is 0 Å². The summed E-state index contributed by atoms with van der Waals surface area (Å²) in [4.78, 5) is 35.9. The van der Waals surface area contributed by atoms with Gasteiger partial charge in [-0.2, -0.15) is 10.2 Å². The van der Waals surface area contributed by atoms with E-state index in [0.717, 1.165) is 106 Å². The van der Waals surface area contributed by atoms with E-state index in [0.29, 0.717) is 24.7 Å². The predicted octanol–water partition coefficient (Wildman–Crippen LogP) is 12.6. The van der Waals surface area contributed by atoms with Gasteiger partial charge in [-0.3, -0.25) is 28.9 Å². The van der Waals surface area contributed by atoms with Crippen LogP contribution in [0.15, 0.2) is 49.1 Å². The van der Waals surface area contributed by atoms with E-state index in [4.69, 9.17) is 0 Å². The first kappa shape index (κ1) is 43.2. The molecule has 8 nitrogen and oxygen atoms in total. The molecule has 16 atom stereocenters. The van der Waals surface area contributed by atoms with Crippen LogP contribution >= 0.6 is 0 Å². The SMILES string of the molecule is CCC1CCC2C(CCC3C2CCC2(C)C(C(=O)Cn4cc5ncccc5n4)CCC32)C1.CCC1CCC2C(CCC3C2CCC2(C)C(C(=O)Cn4ncc5ncccc54)CCC32)C1. The fourth-order valence-corrected chi connectivity index (χ4v) is 18.2. The number of pyridine rings is 2. The molecule has 8 saturated carbocycles. The lowest BCUT2D eigenvalue weighted by Gasteiger charge is -2.56. The molecule has 0 radical (unpaired) electrons. The lowest BCUT2D eigenvalue weighted by atomic mass is 9.49. The van der Waals surface area contributed by atoms with Gasteiger partial charge in [0.15, 0.2) is 11.6 Å². The van der Waals surface area contributed by atoms with Gasteiger partial charge in [0, 0.05) is 24.2 Å². The Balaban J connectivity index is 0.000000143. The Hall–Kier alpha value is -3.42. The maximum absolute atomic E-state index is 13.6. The zero-order chi connectivity index (χ0) is 43.7. The van der Waals surface area contributed by atoms with E-state index in [9.17, 15) is 9.59 Å². The first-order valence-electron chi connectivity index (χ1n) is 26.7. The van der Waals surface area contributed by atoms with Gasteiger partial charge in [0.05, 0.1) is 24.5 Å². The second-order valence-corrected chi connectivity index (χ2v) is 23.8. The lowest BCUT2D eigenvalue weighted by Crippen LogP contribution is -2.49. The number of hydrogen-bond acceptors (Lipinski definition) is 6. The van der Waals surface area contributed by atoms with Crippen molar-refractivity contribution in [3.63, 3.8) is 0 Å². The summed E-state index contributed by atoms with van der Waals surface area (Å²) >= 11 is 0. The molecule has 4 heterocycles. The summed E-state index contributed by atoms with van der Waals surface area (Å²) in [5, 5.41) is 9.10. The molecule has 4 aromatic rings. The third kappa shape index (κ3) is 7.44. The summed E-state index contributed by atoms with van der Waals surface area (Å²) in [5.41, 5.74) is 4.02. The molecule has 0 aliphatic heterocycles. The number of aromatic nitrogens is 6. The molecule has 0 spiro atoms. The van der Waals surface area contributed by atoms with Crippen LogP contribution in [0.1, 0.15) is 156 Å². The Kier molecular flexibility index (Phi) is 11.7. The highest BCUT2D eigenvalue weighted by Gasteiger charge is 2.60. The highest BCUT2D eigenvalue weighted by atomic mass is 16.1. The number of carbonyl (C=O) groups is 2. The van der Waals surface area contributed by atoms with Gasteiger partial charge in [-0.25, -0.2) is 0 Å². The molecular formula is C56H78N6O2. The van der Waals surface area contributed by atoms with Crippen LogP contribution < -0.4 is 0 Å². The first-order valence-corrected chi connectivity index (χ1v) is 26.7. The highest BCUT2D eigenvalue weighted by Crippen LogP contribution is 2.66. The van der Waals surface area contributed by atoms with Gasteiger partial charge in [0.2, 0.25) is 0 Å². The van der Waals surface area contributed by atoms with Gasteiger partial charge in [0.25, 0.3) is 0 Å². The van der Waals surface area contributed by atoms with Crippen LogP contribution in [0.2, 0.25) is 0 Å². The monoisotopic (exact) mass is 867 g/mol. The van der Waals surface area contributed by atoms with E-state index in [1.165, 1.54) is 116 Å². The van der Waals surface area contributed by atoms with Gasteiger partial charge in [-0.05, 0) is 209 Å². The first-order chi connectivity index (χ1) is 31.1. The second kappa shape index (κ2) is 17.3. The smallest absolute Gasteiger partial charge is 0.157 e. The summed E-state index contributed by atoms with van der Waals surface area (Å²) in [7, 11) is 0. The number of hydrogen-bond donors (Lipinski definition) is 0. The molecule has 0 amide bonds. The van der Waals surface area contributed by atoms with E-state index in [1.54, 1.807) is 18.6 Å². The lowest BCUT2D eigenvalue weighted by molar-refractivity contribution is -0.132. The third-order valence-electron chi connectivity index (χ3n) is 21.4. The van der Waals surface area contributed by atoms with Crippen molar-refractivity contribution in [3.8, 4) is 0 Å². The molecule has 8 aliphatic carbocycles. The molecule has 0 saturated heterocycles. The van der Waals surface area contributed by atoms with Crippen LogP contribution in [0.5, 0.6) is 0 Å². The maximum Gasteiger partial charge on any atom is 0.157 e. The molecule has 344 valence electrons. The van der Waals surface area contributed by atoms with E-state index in [1.807, 2.05) is 39.8 Å². The van der Waals surface area contributed by atoms with Crippen LogP contribution in [0.25, 0.3) is 22.1 Å². The van der Waals surface area contributed by atoms with Crippen molar-refractivity contribution in [2.75, 3.05) is 0 Å². The second-order valence-electron chi connectivity index (χ2n) is 23.8. The van der Waals surface area contributed by atoms with Crippen molar-refractivity contribution in [2.24, 2.45) is 93.7 Å². The third-order valence-corrected chi connectivity index (χ3v) is 21.4. The average Bonchev–Trinajstić information content (AvgIpc) is 4.10. The zero-order valence-electron chi connectivity index (χ0n) is 39.8. The Bertz CT molecular complexity index is 2270. The number of fused-ring (bicyclic) bond motifs is 12. The molecule has 16 unspecified atom stereocenters. The van der Waals surface area contributed by atoms with Crippen LogP contribution in [-0.4, -0.2) is 41.1 Å². The maximum atomic E-state index is 13.6. The van der Waals surface area contributed by atoms with Crippen molar-refractivity contribution in [2.45, 2.75) is 169 Å². The minimum absolute atomic E-state index is 0.201.